The van der Waals surface area contributed by atoms with Crippen LogP contribution in [0.4, 0.5) is 11.5 Å². The quantitative estimate of drug-likeness (QED) is 0.742. The third-order valence-electron chi connectivity index (χ3n) is 3.23. The molecule has 4 N–H and O–H groups in total. The van der Waals surface area contributed by atoms with Crippen LogP contribution in [0.15, 0.2) is 18.3 Å². The van der Waals surface area contributed by atoms with Crippen molar-refractivity contribution in [2.45, 2.75) is 31.7 Å². The number of nitrogens with two attached hydrogens (primary N) is 1. The maximum absolute atomic E-state index is 10.8. The molecule has 1 aliphatic rings. The largest absolute Gasteiger partial charge is 0.481 e. The normalized spacial score (nSPS) is 24.2. The van der Waals surface area contributed by atoms with Crippen molar-refractivity contribution < 1.29 is 9.90 Å². The van der Waals surface area contributed by atoms with Crippen molar-refractivity contribution in [3.8, 4) is 0 Å². The number of hydrogen-bond donors (Lipinski definition) is 3. The van der Waals surface area contributed by atoms with Crippen molar-refractivity contribution in [2.24, 2.45) is 5.92 Å². The van der Waals surface area contributed by atoms with Gasteiger partial charge < -0.3 is 16.2 Å². The predicted molar refractivity (Wildman–Crippen MR) is 65.7 cm³/mol. The second kappa shape index (κ2) is 5.03. The maximum atomic E-state index is 10.8. The number of rotatable bonds is 3. The SMILES string of the molecule is Nc1ccc(NC2CCC(C(=O)O)CC2)cn1. The molecule has 92 valence electrons. The summed E-state index contributed by atoms with van der Waals surface area (Å²) in [7, 11) is 0. The molecule has 5 nitrogen and oxygen atoms in total. The molecule has 1 heterocycles. The lowest BCUT2D eigenvalue weighted by Gasteiger charge is -2.27. The van der Waals surface area contributed by atoms with E-state index in [1.54, 1.807) is 12.3 Å². The van der Waals surface area contributed by atoms with Crippen LogP contribution in [0.25, 0.3) is 0 Å². The first-order valence-corrected chi connectivity index (χ1v) is 5.86. The molecule has 0 aromatic carbocycles. The summed E-state index contributed by atoms with van der Waals surface area (Å²) in [6.07, 6.45) is 4.98. The first-order chi connectivity index (χ1) is 8.15. The third kappa shape index (κ3) is 3.09. The van der Waals surface area contributed by atoms with E-state index in [0.29, 0.717) is 11.9 Å². The van der Waals surface area contributed by atoms with Gasteiger partial charge in [-0.2, -0.15) is 0 Å². The second-order valence-corrected chi connectivity index (χ2v) is 4.50. The summed E-state index contributed by atoms with van der Waals surface area (Å²) in [6, 6.07) is 3.99. The van der Waals surface area contributed by atoms with Crippen molar-refractivity contribution in [3.63, 3.8) is 0 Å². The van der Waals surface area contributed by atoms with Gasteiger partial charge in [0.2, 0.25) is 0 Å². The second-order valence-electron chi connectivity index (χ2n) is 4.50. The Bertz CT molecular complexity index is 383. The molecule has 0 aliphatic heterocycles. The van der Waals surface area contributed by atoms with Crippen LogP contribution >= 0.6 is 0 Å². The fourth-order valence-corrected chi connectivity index (χ4v) is 2.21. The molecular weight excluding hydrogens is 218 g/mol. The number of nitrogens with zero attached hydrogens (tertiary/aromatic N) is 1. The highest BCUT2D eigenvalue weighted by Gasteiger charge is 2.25. The fraction of sp³-hybridized carbons (Fsp3) is 0.500. The van der Waals surface area contributed by atoms with Gasteiger partial charge in [-0.25, -0.2) is 4.98 Å². The number of nitrogens with one attached hydrogen (secondary N) is 1. The van der Waals surface area contributed by atoms with E-state index in [0.717, 1.165) is 31.4 Å². The molecule has 0 radical (unpaired) electrons. The minimum atomic E-state index is -0.669. The molecule has 5 heteroatoms. The lowest BCUT2D eigenvalue weighted by Crippen LogP contribution is -2.29. The summed E-state index contributed by atoms with van der Waals surface area (Å²) in [5.41, 5.74) is 6.45. The molecule has 1 aliphatic carbocycles. The summed E-state index contributed by atoms with van der Waals surface area (Å²) >= 11 is 0. The van der Waals surface area contributed by atoms with Crippen LogP contribution in [0.1, 0.15) is 25.7 Å². The summed E-state index contributed by atoms with van der Waals surface area (Å²) in [4.78, 5) is 14.8. The van der Waals surface area contributed by atoms with E-state index in [-0.39, 0.29) is 5.92 Å². The molecular formula is C12H17N3O2. The minimum absolute atomic E-state index is 0.169. The van der Waals surface area contributed by atoms with Gasteiger partial charge in [-0.05, 0) is 37.8 Å². The van der Waals surface area contributed by atoms with E-state index in [1.807, 2.05) is 6.07 Å². The Morgan fingerprint density at radius 3 is 2.59 bits per heavy atom. The zero-order valence-electron chi connectivity index (χ0n) is 9.60. The lowest BCUT2D eigenvalue weighted by molar-refractivity contribution is -0.142. The van der Waals surface area contributed by atoms with E-state index >= 15 is 0 Å². The van der Waals surface area contributed by atoms with E-state index in [2.05, 4.69) is 10.3 Å². The molecule has 1 saturated carbocycles. The Morgan fingerprint density at radius 2 is 2.06 bits per heavy atom. The van der Waals surface area contributed by atoms with Crippen molar-refractivity contribution >= 4 is 17.5 Å². The van der Waals surface area contributed by atoms with Crippen LogP contribution in [-0.4, -0.2) is 22.1 Å². The van der Waals surface area contributed by atoms with Crippen LogP contribution in [0.2, 0.25) is 0 Å². The number of anilines is 2. The molecule has 17 heavy (non-hydrogen) atoms. The Balaban J connectivity index is 1.85. The minimum Gasteiger partial charge on any atom is -0.481 e. The molecule has 0 amide bonds. The van der Waals surface area contributed by atoms with Gasteiger partial charge in [0.25, 0.3) is 0 Å². The fourth-order valence-electron chi connectivity index (χ4n) is 2.21. The van der Waals surface area contributed by atoms with Crippen LogP contribution in [0.5, 0.6) is 0 Å². The Kier molecular flexibility index (Phi) is 3.46. The number of aromatic nitrogens is 1. The number of carbonyl (C=O) groups is 1. The number of hydrogen-bond acceptors (Lipinski definition) is 4. The zero-order chi connectivity index (χ0) is 12.3. The number of carboxylic acids is 1. The van der Waals surface area contributed by atoms with Gasteiger partial charge in [0.15, 0.2) is 0 Å². The van der Waals surface area contributed by atoms with E-state index < -0.39 is 5.97 Å². The van der Waals surface area contributed by atoms with Gasteiger partial charge in [-0.15, -0.1) is 0 Å². The van der Waals surface area contributed by atoms with E-state index in [1.165, 1.54) is 0 Å². The van der Waals surface area contributed by atoms with Gasteiger partial charge >= 0.3 is 5.97 Å². The lowest BCUT2D eigenvalue weighted by atomic mass is 9.86. The van der Waals surface area contributed by atoms with Gasteiger partial charge in [-0.1, -0.05) is 0 Å². The first kappa shape index (κ1) is 11.7. The molecule has 0 bridgehead atoms. The molecule has 0 saturated heterocycles. The molecule has 1 fully saturated rings. The van der Waals surface area contributed by atoms with Crippen molar-refractivity contribution in [1.82, 2.24) is 4.98 Å². The molecule has 2 rings (SSSR count). The number of aliphatic carboxylic acids is 1. The Morgan fingerprint density at radius 1 is 1.35 bits per heavy atom. The van der Waals surface area contributed by atoms with Crippen LogP contribution in [-0.2, 0) is 4.79 Å². The van der Waals surface area contributed by atoms with Crippen LogP contribution in [0.3, 0.4) is 0 Å². The molecule has 0 unspecified atom stereocenters. The molecule has 0 spiro atoms. The summed E-state index contributed by atoms with van der Waals surface area (Å²) in [6.45, 7) is 0. The van der Waals surface area contributed by atoms with E-state index in [4.69, 9.17) is 10.8 Å². The molecule has 0 atom stereocenters. The average Bonchev–Trinajstić information content (AvgIpc) is 2.33. The highest BCUT2D eigenvalue weighted by molar-refractivity contribution is 5.70. The highest BCUT2D eigenvalue weighted by atomic mass is 16.4. The predicted octanol–water partition coefficient (Wildman–Crippen LogP) is 1.72. The standard InChI is InChI=1S/C12H17N3O2/c13-11-6-5-10(7-14-11)15-9-3-1-8(2-4-9)12(16)17/h5-9,15H,1-4H2,(H2,13,14)(H,16,17). The maximum Gasteiger partial charge on any atom is 0.306 e. The monoisotopic (exact) mass is 235 g/mol. The smallest absolute Gasteiger partial charge is 0.306 e. The van der Waals surface area contributed by atoms with Crippen molar-refractivity contribution in [2.75, 3.05) is 11.1 Å². The Labute approximate surface area is 100 Å². The summed E-state index contributed by atoms with van der Waals surface area (Å²) < 4.78 is 0. The number of nitrogen functional groups attached to an aromatic ring is 1. The zero-order valence-corrected chi connectivity index (χ0v) is 9.60. The first-order valence-electron chi connectivity index (χ1n) is 5.86. The topological polar surface area (TPSA) is 88.2 Å². The Hall–Kier alpha value is -1.78. The van der Waals surface area contributed by atoms with Crippen LogP contribution in [0, 0.1) is 5.92 Å². The van der Waals surface area contributed by atoms with Gasteiger partial charge in [-0.3, -0.25) is 4.79 Å². The highest BCUT2D eigenvalue weighted by Crippen LogP contribution is 2.26. The average molecular weight is 235 g/mol. The molecule has 1 aromatic rings. The van der Waals surface area contributed by atoms with Gasteiger partial charge in [0.05, 0.1) is 17.8 Å². The number of carboxylic acid groups (broad SMARTS) is 1. The summed E-state index contributed by atoms with van der Waals surface area (Å²) in [5, 5.41) is 12.3. The number of pyridine rings is 1. The molecule has 1 aromatic heterocycles. The summed E-state index contributed by atoms with van der Waals surface area (Å²) in [5.74, 6) is -0.333. The van der Waals surface area contributed by atoms with Crippen LogP contribution < -0.4 is 11.1 Å². The third-order valence-corrected chi connectivity index (χ3v) is 3.23. The van der Waals surface area contributed by atoms with Gasteiger partial charge in [0, 0.05) is 6.04 Å². The van der Waals surface area contributed by atoms with Gasteiger partial charge in [0.1, 0.15) is 5.82 Å². The van der Waals surface area contributed by atoms with Crippen molar-refractivity contribution in [3.05, 3.63) is 18.3 Å². The van der Waals surface area contributed by atoms with E-state index in [9.17, 15) is 4.79 Å². The van der Waals surface area contributed by atoms with Crippen molar-refractivity contribution in [1.29, 1.82) is 0 Å².